The van der Waals surface area contributed by atoms with Gasteiger partial charge < -0.3 is 10.1 Å². The van der Waals surface area contributed by atoms with Crippen molar-refractivity contribution in [3.63, 3.8) is 0 Å². The first-order valence-corrected chi connectivity index (χ1v) is 5.75. The number of ether oxygens (including phenoxy) is 1. The van der Waals surface area contributed by atoms with E-state index in [-0.39, 0.29) is 19.4 Å². The number of rotatable bonds is 3. The van der Waals surface area contributed by atoms with Gasteiger partial charge in [-0.1, -0.05) is 30.3 Å². The standard InChI is InChI=1S/C13H15F2NO2/c1-12(8-13(14,15)9-12)16-11(17)18-7-10-5-3-2-4-6-10/h2-6H,7-9H2,1H3,(H,16,17). The van der Waals surface area contributed by atoms with Crippen LogP contribution in [-0.4, -0.2) is 17.6 Å². The minimum absolute atomic E-state index is 0.138. The molecule has 0 aliphatic heterocycles. The largest absolute Gasteiger partial charge is 0.445 e. The lowest BCUT2D eigenvalue weighted by molar-refractivity contribution is -0.125. The van der Waals surface area contributed by atoms with Gasteiger partial charge in [0.15, 0.2) is 0 Å². The second-order valence-electron chi connectivity index (χ2n) is 4.96. The van der Waals surface area contributed by atoms with E-state index in [1.807, 2.05) is 30.3 Å². The number of amides is 1. The average molecular weight is 255 g/mol. The molecule has 0 saturated heterocycles. The van der Waals surface area contributed by atoms with Gasteiger partial charge >= 0.3 is 6.09 Å². The number of nitrogens with one attached hydrogen (secondary N) is 1. The lowest BCUT2D eigenvalue weighted by atomic mass is 9.75. The van der Waals surface area contributed by atoms with Gasteiger partial charge in [-0.05, 0) is 12.5 Å². The lowest BCUT2D eigenvalue weighted by Gasteiger charge is -2.44. The van der Waals surface area contributed by atoms with Gasteiger partial charge in [-0.2, -0.15) is 0 Å². The number of alkyl halides is 2. The van der Waals surface area contributed by atoms with Crippen molar-refractivity contribution in [1.29, 1.82) is 0 Å². The molecule has 0 heterocycles. The zero-order chi connectivity index (χ0) is 13.2. The number of hydrogen-bond acceptors (Lipinski definition) is 2. The van der Waals surface area contributed by atoms with Crippen molar-refractivity contribution in [1.82, 2.24) is 5.32 Å². The van der Waals surface area contributed by atoms with Gasteiger partial charge in [0.05, 0.1) is 5.54 Å². The Bertz CT molecular complexity index is 426. The Morgan fingerprint density at radius 1 is 1.33 bits per heavy atom. The van der Waals surface area contributed by atoms with E-state index in [4.69, 9.17) is 4.74 Å². The van der Waals surface area contributed by atoms with Crippen LogP contribution in [0, 0.1) is 0 Å². The fraction of sp³-hybridized carbons (Fsp3) is 0.462. The summed E-state index contributed by atoms with van der Waals surface area (Å²) in [4.78, 5) is 11.5. The number of alkyl carbamates (subject to hydrolysis) is 1. The van der Waals surface area contributed by atoms with Gasteiger partial charge in [-0.25, -0.2) is 13.6 Å². The molecule has 0 bridgehead atoms. The van der Waals surface area contributed by atoms with Gasteiger partial charge in [0.2, 0.25) is 0 Å². The van der Waals surface area contributed by atoms with Crippen LogP contribution >= 0.6 is 0 Å². The van der Waals surface area contributed by atoms with Crippen LogP contribution in [0.15, 0.2) is 30.3 Å². The highest BCUT2D eigenvalue weighted by atomic mass is 19.3. The Morgan fingerprint density at radius 3 is 2.50 bits per heavy atom. The van der Waals surface area contributed by atoms with Crippen molar-refractivity contribution in [2.24, 2.45) is 0 Å². The van der Waals surface area contributed by atoms with E-state index in [0.29, 0.717) is 0 Å². The molecule has 18 heavy (non-hydrogen) atoms. The summed E-state index contributed by atoms with van der Waals surface area (Å²) in [5, 5.41) is 2.48. The SMILES string of the molecule is CC1(NC(=O)OCc2ccccc2)CC(F)(F)C1. The predicted molar refractivity (Wildman–Crippen MR) is 62.3 cm³/mol. The van der Waals surface area contributed by atoms with Crippen LogP contribution in [0.3, 0.4) is 0 Å². The molecule has 0 aromatic heterocycles. The molecule has 1 aromatic carbocycles. The van der Waals surface area contributed by atoms with Crippen molar-refractivity contribution >= 4 is 6.09 Å². The molecule has 2 rings (SSSR count). The molecule has 1 aromatic rings. The average Bonchev–Trinajstić information content (AvgIpc) is 2.24. The van der Waals surface area contributed by atoms with E-state index in [1.165, 1.54) is 0 Å². The first-order valence-electron chi connectivity index (χ1n) is 5.75. The first kappa shape index (κ1) is 12.8. The number of benzene rings is 1. The van der Waals surface area contributed by atoms with Gasteiger partial charge in [0.25, 0.3) is 5.92 Å². The van der Waals surface area contributed by atoms with Gasteiger partial charge in [0, 0.05) is 12.8 Å². The van der Waals surface area contributed by atoms with E-state index >= 15 is 0 Å². The second-order valence-corrected chi connectivity index (χ2v) is 4.96. The van der Waals surface area contributed by atoms with Crippen LogP contribution in [0.25, 0.3) is 0 Å². The van der Waals surface area contributed by atoms with Crippen LogP contribution in [0.1, 0.15) is 25.3 Å². The number of carbonyl (C=O) groups is 1. The summed E-state index contributed by atoms with van der Waals surface area (Å²) in [7, 11) is 0. The van der Waals surface area contributed by atoms with Gasteiger partial charge in [0.1, 0.15) is 6.61 Å². The van der Waals surface area contributed by atoms with E-state index in [9.17, 15) is 13.6 Å². The van der Waals surface area contributed by atoms with Crippen molar-refractivity contribution in [3.05, 3.63) is 35.9 Å². The Labute approximate surface area is 104 Å². The van der Waals surface area contributed by atoms with E-state index in [0.717, 1.165) is 5.56 Å². The molecule has 0 unspecified atom stereocenters. The summed E-state index contributed by atoms with van der Waals surface area (Å²) in [6, 6.07) is 9.19. The van der Waals surface area contributed by atoms with Gasteiger partial charge in [-0.3, -0.25) is 0 Å². The molecule has 0 atom stereocenters. The van der Waals surface area contributed by atoms with Crippen molar-refractivity contribution in [2.45, 2.75) is 37.8 Å². The highest BCUT2D eigenvalue weighted by Gasteiger charge is 2.54. The minimum Gasteiger partial charge on any atom is -0.445 e. The van der Waals surface area contributed by atoms with E-state index in [1.54, 1.807) is 6.92 Å². The van der Waals surface area contributed by atoms with Crippen LogP contribution < -0.4 is 5.32 Å². The third-order valence-electron chi connectivity index (χ3n) is 2.91. The maximum Gasteiger partial charge on any atom is 0.407 e. The maximum atomic E-state index is 12.7. The Balaban J connectivity index is 1.77. The number of halogens is 2. The lowest BCUT2D eigenvalue weighted by Crippen LogP contribution is -2.60. The minimum atomic E-state index is -2.67. The molecule has 1 amide bonds. The van der Waals surface area contributed by atoms with Crippen molar-refractivity contribution < 1.29 is 18.3 Å². The second kappa shape index (κ2) is 4.55. The molecule has 1 aliphatic carbocycles. The molecule has 1 N–H and O–H groups in total. The zero-order valence-corrected chi connectivity index (χ0v) is 10.1. The van der Waals surface area contributed by atoms with Crippen LogP contribution in [0.5, 0.6) is 0 Å². The Morgan fingerprint density at radius 2 is 1.94 bits per heavy atom. The third kappa shape index (κ3) is 3.18. The number of hydrogen-bond donors (Lipinski definition) is 1. The summed E-state index contributed by atoms with van der Waals surface area (Å²) in [5.74, 6) is -2.67. The molecule has 0 radical (unpaired) electrons. The van der Waals surface area contributed by atoms with Crippen LogP contribution in [0.2, 0.25) is 0 Å². The quantitative estimate of drug-likeness (QED) is 0.901. The third-order valence-corrected chi connectivity index (χ3v) is 2.91. The molecule has 5 heteroatoms. The monoisotopic (exact) mass is 255 g/mol. The summed E-state index contributed by atoms with van der Waals surface area (Å²) in [6.07, 6.45) is -1.32. The molecular weight excluding hydrogens is 240 g/mol. The fourth-order valence-electron chi connectivity index (χ4n) is 2.18. The smallest absolute Gasteiger partial charge is 0.407 e. The molecule has 3 nitrogen and oxygen atoms in total. The molecule has 0 spiro atoms. The molecule has 1 aliphatic rings. The summed E-state index contributed by atoms with van der Waals surface area (Å²) in [6.45, 7) is 1.73. The first-order chi connectivity index (χ1) is 8.39. The maximum absolute atomic E-state index is 12.7. The molecular formula is C13H15F2NO2. The fourth-order valence-corrected chi connectivity index (χ4v) is 2.18. The molecule has 1 fully saturated rings. The Hall–Kier alpha value is -1.65. The Kier molecular flexibility index (Phi) is 3.24. The van der Waals surface area contributed by atoms with Crippen LogP contribution in [-0.2, 0) is 11.3 Å². The van der Waals surface area contributed by atoms with Crippen LogP contribution in [0.4, 0.5) is 13.6 Å². The van der Waals surface area contributed by atoms with E-state index < -0.39 is 17.6 Å². The normalized spacial score (nSPS) is 19.7. The van der Waals surface area contributed by atoms with E-state index in [2.05, 4.69) is 5.32 Å². The predicted octanol–water partition coefficient (Wildman–Crippen LogP) is 3.10. The topological polar surface area (TPSA) is 38.3 Å². The summed E-state index contributed by atoms with van der Waals surface area (Å²) < 4.78 is 30.5. The molecule has 1 saturated carbocycles. The molecule has 98 valence electrons. The van der Waals surface area contributed by atoms with Gasteiger partial charge in [-0.15, -0.1) is 0 Å². The summed E-state index contributed by atoms with van der Waals surface area (Å²) in [5.41, 5.74) is 0.00817. The zero-order valence-electron chi connectivity index (χ0n) is 10.1. The van der Waals surface area contributed by atoms with Crippen molar-refractivity contribution in [2.75, 3.05) is 0 Å². The highest BCUT2D eigenvalue weighted by Crippen LogP contribution is 2.45. The number of carbonyl (C=O) groups excluding carboxylic acids is 1. The summed E-state index contributed by atoms with van der Waals surface area (Å²) >= 11 is 0. The highest BCUT2D eigenvalue weighted by molar-refractivity contribution is 5.68. The van der Waals surface area contributed by atoms with Crippen molar-refractivity contribution in [3.8, 4) is 0 Å².